The number of aromatic amines is 1. The largest absolute Gasteiger partial charge is 0.391 e. The van der Waals surface area contributed by atoms with Gasteiger partial charge in [-0.2, -0.15) is 0 Å². The third-order valence-corrected chi connectivity index (χ3v) is 1.25. The Balaban J connectivity index is 3.24. The molecular formula is C5H7N3O3. The molecule has 0 aliphatic rings. The van der Waals surface area contributed by atoms with Gasteiger partial charge in [-0.15, -0.1) is 5.10 Å². The van der Waals surface area contributed by atoms with Crippen molar-refractivity contribution in [3.8, 4) is 0 Å². The lowest BCUT2D eigenvalue weighted by molar-refractivity contribution is 0.251. The lowest BCUT2D eigenvalue weighted by Gasteiger charge is -1.97. The number of hydrogen-bond donors (Lipinski definition) is 3. The molecule has 0 bridgehead atoms. The summed E-state index contributed by atoms with van der Waals surface area (Å²) in [7, 11) is 0. The Hall–Kier alpha value is -1.27. The van der Waals surface area contributed by atoms with Crippen LogP contribution in [-0.2, 0) is 13.2 Å². The predicted octanol–water partition coefficient (Wildman–Crippen LogP) is -1.85. The zero-order valence-electron chi connectivity index (χ0n) is 5.61. The van der Waals surface area contributed by atoms with Crippen LogP contribution in [0.5, 0.6) is 0 Å². The molecule has 0 amide bonds. The summed E-state index contributed by atoms with van der Waals surface area (Å²) in [5, 5.41) is 25.9. The maximum atomic E-state index is 10.8. The van der Waals surface area contributed by atoms with Crippen LogP contribution in [0.1, 0.15) is 11.3 Å². The number of nitrogens with zero attached hydrogens (tertiary/aromatic N) is 2. The van der Waals surface area contributed by atoms with Gasteiger partial charge >= 0.3 is 0 Å². The van der Waals surface area contributed by atoms with Gasteiger partial charge in [0.2, 0.25) is 0 Å². The van der Waals surface area contributed by atoms with Gasteiger partial charge in [0.1, 0.15) is 5.69 Å². The van der Waals surface area contributed by atoms with E-state index in [9.17, 15) is 4.79 Å². The monoisotopic (exact) mass is 157 g/mol. The number of aromatic nitrogens is 3. The summed E-state index contributed by atoms with van der Waals surface area (Å²) in [5.41, 5.74) is -0.356. The number of aliphatic hydroxyl groups excluding tert-OH is 2. The average molecular weight is 157 g/mol. The van der Waals surface area contributed by atoms with Crippen LogP contribution in [-0.4, -0.2) is 25.6 Å². The van der Waals surface area contributed by atoms with E-state index in [0.717, 1.165) is 0 Å². The number of rotatable bonds is 2. The summed E-state index contributed by atoms with van der Waals surface area (Å²) in [4.78, 5) is 10.8. The Kier molecular flexibility index (Phi) is 2.29. The highest BCUT2D eigenvalue weighted by Gasteiger charge is 2.05. The molecule has 0 spiro atoms. The second-order valence-corrected chi connectivity index (χ2v) is 1.88. The van der Waals surface area contributed by atoms with Crippen molar-refractivity contribution < 1.29 is 10.2 Å². The van der Waals surface area contributed by atoms with Crippen LogP contribution in [0.2, 0.25) is 0 Å². The van der Waals surface area contributed by atoms with Gasteiger partial charge in [0, 0.05) is 0 Å². The number of nitrogens with one attached hydrogen (secondary N) is 1. The van der Waals surface area contributed by atoms with E-state index < -0.39 is 18.8 Å². The fourth-order valence-electron chi connectivity index (χ4n) is 0.680. The van der Waals surface area contributed by atoms with Crippen LogP contribution in [0.3, 0.4) is 0 Å². The molecule has 6 nitrogen and oxygen atoms in total. The van der Waals surface area contributed by atoms with Crippen LogP contribution in [0.4, 0.5) is 0 Å². The van der Waals surface area contributed by atoms with Crippen LogP contribution >= 0.6 is 0 Å². The molecule has 0 atom stereocenters. The number of aliphatic hydroxyl groups is 2. The molecule has 1 rings (SSSR count). The molecule has 60 valence electrons. The summed E-state index contributed by atoms with van der Waals surface area (Å²) in [6, 6.07) is 0. The molecule has 0 saturated heterocycles. The Labute approximate surface area is 61.5 Å². The fraction of sp³-hybridized carbons (Fsp3) is 0.400. The Morgan fingerprint density at radius 3 is 2.55 bits per heavy atom. The van der Waals surface area contributed by atoms with Crippen molar-refractivity contribution in [2.24, 2.45) is 0 Å². The van der Waals surface area contributed by atoms with Crippen molar-refractivity contribution in [1.29, 1.82) is 0 Å². The molecule has 3 N–H and O–H groups in total. The fourth-order valence-corrected chi connectivity index (χ4v) is 0.680. The zero-order valence-corrected chi connectivity index (χ0v) is 5.61. The van der Waals surface area contributed by atoms with Gasteiger partial charge < -0.3 is 10.2 Å². The highest BCUT2D eigenvalue weighted by Crippen LogP contribution is 1.95. The van der Waals surface area contributed by atoms with Crippen molar-refractivity contribution in [3.05, 3.63) is 21.6 Å². The maximum absolute atomic E-state index is 10.8. The first-order valence-electron chi connectivity index (χ1n) is 2.94. The Morgan fingerprint density at radius 1 is 1.36 bits per heavy atom. The highest BCUT2D eigenvalue weighted by atomic mass is 16.3. The van der Waals surface area contributed by atoms with Crippen molar-refractivity contribution >= 4 is 0 Å². The molecule has 0 fully saturated rings. The molecule has 0 aromatic carbocycles. The van der Waals surface area contributed by atoms with Gasteiger partial charge in [0.05, 0.1) is 18.8 Å². The van der Waals surface area contributed by atoms with Crippen molar-refractivity contribution in [3.63, 3.8) is 0 Å². The molecule has 1 heterocycles. The van der Waals surface area contributed by atoms with E-state index in [0.29, 0.717) is 0 Å². The van der Waals surface area contributed by atoms with E-state index in [4.69, 9.17) is 10.2 Å². The molecular weight excluding hydrogens is 150 g/mol. The minimum atomic E-state index is -0.522. The maximum Gasteiger partial charge on any atom is 0.273 e. The van der Waals surface area contributed by atoms with E-state index in [1.807, 2.05) is 5.10 Å². The highest BCUT2D eigenvalue weighted by molar-refractivity contribution is 5.12. The summed E-state index contributed by atoms with van der Waals surface area (Å²) in [5.74, 6) is 0. The molecule has 6 heteroatoms. The van der Waals surface area contributed by atoms with Crippen LogP contribution in [0, 0.1) is 0 Å². The lowest BCUT2D eigenvalue weighted by atomic mass is 10.2. The normalized spacial score (nSPS) is 10.0. The first kappa shape index (κ1) is 7.83. The van der Waals surface area contributed by atoms with Crippen molar-refractivity contribution in [1.82, 2.24) is 15.4 Å². The van der Waals surface area contributed by atoms with E-state index in [1.165, 1.54) is 0 Å². The molecule has 0 radical (unpaired) electrons. The molecule has 1 aromatic rings. The number of H-pyrrole nitrogens is 1. The van der Waals surface area contributed by atoms with Gasteiger partial charge in [0.15, 0.2) is 0 Å². The van der Waals surface area contributed by atoms with Gasteiger partial charge in [-0.3, -0.25) is 4.79 Å². The zero-order chi connectivity index (χ0) is 8.27. The average Bonchev–Trinajstić information content (AvgIpc) is 2.04. The summed E-state index contributed by atoms with van der Waals surface area (Å²) >= 11 is 0. The van der Waals surface area contributed by atoms with Gasteiger partial charge in [-0.1, -0.05) is 5.21 Å². The molecule has 0 aliphatic heterocycles. The first-order chi connectivity index (χ1) is 5.29. The second-order valence-electron chi connectivity index (χ2n) is 1.88. The first-order valence-corrected chi connectivity index (χ1v) is 2.94. The van der Waals surface area contributed by atoms with E-state index >= 15 is 0 Å². The minimum Gasteiger partial charge on any atom is -0.391 e. The smallest absolute Gasteiger partial charge is 0.273 e. The molecule has 0 aliphatic carbocycles. The van der Waals surface area contributed by atoms with Crippen LogP contribution in [0.15, 0.2) is 4.79 Å². The SMILES string of the molecule is O=c1[nH]nnc(CO)c1CO. The summed E-state index contributed by atoms with van der Waals surface area (Å²) in [6.45, 7) is -0.840. The Bertz CT molecular complexity index is 295. The van der Waals surface area contributed by atoms with Crippen LogP contribution in [0.25, 0.3) is 0 Å². The van der Waals surface area contributed by atoms with Gasteiger partial charge in [-0.25, -0.2) is 5.10 Å². The summed E-state index contributed by atoms with van der Waals surface area (Å²) in [6.07, 6.45) is 0. The Morgan fingerprint density at radius 2 is 2.09 bits per heavy atom. The third kappa shape index (κ3) is 1.41. The summed E-state index contributed by atoms with van der Waals surface area (Å²) < 4.78 is 0. The molecule has 0 saturated carbocycles. The van der Waals surface area contributed by atoms with Gasteiger partial charge in [0.25, 0.3) is 5.56 Å². The lowest BCUT2D eigenvalue weighted by Crippen LogP contribution is -2.19. The molecule has 1 aromatic heterocycles. The third-order valence-electron chi connectivity index (χ3n) is 1.25. The molecule has 11 heavy (non-hydrogen) atoms. The van der Waals surface area contributed by atoms with E-state index in [1.54, 1.807) is 0 Å². The van der Waals surface area contributed by atoms with E-state index in [-0.39, 0.29) is 11.3 Å². The van der Waals surface area contributed by atoms with Crippen molar-refractivity contribution in [2.45, 2.75) is 13.2 Å². The minimum absolute atomic E-state index is 0.0579. The van der Waals surface area contributed by atoms with E-state index in [2.05, 4.69) is 10.3 Å². The quantitative estimate of drug-likeness (QED) is 0.468. The predicted molar refractivity (Wildman–Crippen MR) is 34.5 cm³/mol. The van der Waals surface area contributed by atoms with Crippen LogP contribution < -0.4 is 5.56 Å². The van der Waals surface area contributed by atoms with Gasteiger partial charge in [-0.05, 0) is 0 Å². The second kappa shape index (κ2) is 3.22. The topological polar surface area (TPSA) is 99.1 Å². The van der Waals surface area contributed by atoms with Crippen molar-refractivity contribution in [2.75, 3.05) is 0 Å². The standard InChI is InChI=1S/C5H7N3O3/c9-1-3-4(2-10)6-8-7-5(3)11/h9-10H,1-2H2,(H,6,7,11). The molecule has 0 unspecified atom stereocenters. The number of hydrogen-bond acceptors (Lipinski definition) is 5.